The van der Waals surface area contributed by atoms with E-state index in [1.165, 1.54) is 0 Å². The van der Waals surface area contributed by atoms with E-state index in [2.05, 4.69) is 21.2 Å². The fourth-order valence-corrected chi connectivity index (χ4v) is 3.43. The van der Waals surface area contributed by atoms with Crippen molar-refractivity contribution in [1.29, 1.82) is 0 Å². The highest BCUT2D eigenvalue weighted by molar-refractivity contribution is 9.10. The third kappa shape index (κ3) is 4.07. The van der Waals surface area contributed by atoms with Gasteiger partial charge in [0.15, 0.2) is 0 Å². The van der Waals surface area contributed by atoms with Gasteiger partial charge in [-0.15, -0.1) is 0 Å². The molecule has 0 aromatic heterocycles. The molecule has 0 aliphatic carbocycles. The van der Waals surface area contributed by atoms with Crippen LogP contribution in [0.15, 0.2) is 95.5 Å². The third-order valence-corrected chi connectivity index (χ3v) is 4.95. The smallest absolute Gasteiger partial charge is 0.259 e. The number of halogens is 1. The van der Waals surface area contributed by atoms with Crippen molar-refractivity contribution in [3.05, 3.63) is 107 Å². The number of carbonyl (C=O) groups excluding carboxylic acids is 1. The van der Waals surface area contributed by atoms with E-state index >= 15 is 0 Å². The standard InChI is InChI=1S/C24H18BrNO2/c25-19-13-14-23(28-16-17-7-2-1-3-8-17)21(15-19)24(27)26-22-12-6-10-18-9-4-5-11-20(18)22/h1-15H,16H2,(H,26,27). The monoisotopic (exact) mass is 431 g/mol. The highest BCUT2D eigenvalue weighted by Gasteiger charge is 2.15. The summed E-state index contributed by atoms with van der Waals surface area (Å²) in [6.07, 6.45) is 0. The van der Waals surface area contributed by atoms with E-state index in [4.69, 9.17) is 4.74 Å². The van der Waals surface area contributed by atoms with Gasteiger partial charge in [0.25, 0.3) is 5.91 Å². The van der Waals surface area contributed by atoms with E-state index in [9.17, 15) is 4.79 Å². The fraction of sp³-hybridized carbons (Fsp3) is 0.0417. The van der Waals surface area contributed by atoms with Crippen LogP contribution in [0.25, 0.3) is 10.8 Å². The summed E-state index contributed by atoms with van der Waals surface area (Å²) >= 11 is 3.45. The minimum absolute atomic E-state index is 0.208. The lowest BCUT2D eigenvalue weighted by atomic mass is 10.1. The van der Waals surface area contributed by atoms with Crippen LogP contribution < -0.4 is 10.1 Å². The molecule has 0 spiro atoms. The van der Waals surface area contributed by atoms with Gasteiger partial charge in [0, 0.05) is 15.5 Å². The first-order valence-corrected chi connectivity index (χ1v) is 9.75. The van der Waals surface area contributed by atoms with Crippen molar-refractivity contribution < 1.29 is 9.53 Å². The molecule has 0 atom stereocenters. The number of hydrogen-bond donors (Lipinski definition) is 1. The van der Waals surface area contributed by atoms with Crippen LogP contribution in [0.1, 0.15) is 15.9 Å². The van der Waals surface area contributed by atoms with Gasteiger partial charge in [-0.1, -0.05) is 82.7 Å². The molecule has 0 aliphatic rings. The molecule has 4 rings (SSSR count). The molecule has 0 bridgehead atoms. The number of hydrogen-bond acceptors (Lipinski definition) is 2. The summed E-state index contributed by atoms with van der Waals surface area (Å²) in [5, 5.41) is 5.11. The summed E-state index contributed by atoms with van der Waals surface area (Å²) in [4.78, 5) is 13.0. The molecule has 0 saturated heterocycles. The number of nitrogens with one attached hydrogen (secondary N) is 1. The predicted octanol–water partition coefficient (Wildman–Crippen LogP) is 6.43. The molecule has 3 nitrogen and oxygen atoms in total. The Morgan fingerprint density at radius 3 is 2.46 bits per heavy atom. The van der Waals surface area contributed by atoms with Gasteiger partial charge in [-0.3, -0.25) is 4.79 Å². The first-order chi connectivity index (χ1) is 13.7. The molecular weight excluding hydrogens is 414 g/mol. The van der Waals surface area contributed by atoms with E-state index in [-0.39, 0.29) is 5.91 Å². The van der Waals surface area contributed by atoms with Crippen LogP contribution in [0.4, 0.5) is 5.69 Å². The van der Waals surface area contributed by atoms with Gasteiger partial charge in [0.2, 0.25) is 0 Å². The summed E-state index contributed by atoms with van der Waals surface area (Å²) in [5.74, 6) is 0.338. The van der Waals surface area contributed by atoms with Crippen molar-refractivity contribution in [3.8, 4) is 5.75 Å². The molecule has 0 fully saturated rings. The van der Waals surface area contributed by atoms with Crippen LogP contribution in [0.3, 0.4) is 0 Å². The van der Waals surface area contributed by atoms with Crippen molar-refractivity contribution >= 4 is 38.3 Å². The largest absolute Gasteiger partial charge is 0.488 e. The Bertz CT molecular complexity index is 1120. The molecule has 0 aliphatic heterocycles. The fourth-order valence-electron chi connectivity index (χ4n) is 3.06. The van der Waals surface area contributed by atoms with E-state index in [1.54, 1.807) is 6.07 Å². The SMILES string of the molecule is O=C(Nc1cccc2ccccc12)c1cc(Br)ccc1OCc1ccccc1. The van der Waals surface area contributed by atoms with Crippen molar-refractivity contribution in [2.75, 3.05) is 5.32 Å². The van der Waals surface area contributed by atoms with Gasteiger partial charge in [-0.25, -0.2) is 0 Å². The van der Waals surface area contributed by atoms with Crippen LogP contribution in [-0.2, 0) is 6.61 Å². The Labute approximate surface area is 172 Å². The molecule has 28 heavy (non-hydrogen) atoms. The first kappa shape index (κ1) is 18.3. The number of ether oxygens (including phenoxy) is 1. The second kappa shape index (κ2) is 8.28. The number of amides is 1. The van der Waals surface area contributed by atoms with Gasteiger partial charge >= 0.3 is 0 Å². The molecule has 1 N–H and O–H groups in total. The summed E-state index contributed by atoms with van der Waals surface area (Å²) in [6, 6.07) is 29.2. The number of anilines is 1. The zero-order valence-corrected chi connectivity index (χ0v) is 16.6. The lowest BCUT2D eigenvalue weighted by Gasteiger charge is -2.13. The minimum Gasteiger partial charge on any atom is -0.488 e. The topological polar surface area (TPSA) is 38.3 Å². The highest BCUT2D eigenvalue weighted by Crippen LogP contribution is 2.27. The predicted molar refractivity (Wildman–Crippen MR) is 117 cm³/mol. The van der Waals surface area contributed by atoms with Crippen LogP contribution in [-0.4, -0.2) is 5.91 Å². The van der Waals surface area contributed by atoms with Gasteiger partial charge < -0.3 is 10.1 Å². The maximum absolute atomic E-state index is 13.0. The summed E-state index contributed by atoms with van der Waals surface area (Å²) in [5.41, 5.74) is 2.31. The normalized spacial score (nSPS) is 10.6. The zero-order valence-electron chi connectivity index (χ0n) is 15.1. The molecule has 0 heterocycles. The van der Waals surface area contributed by atoms with Gasteiger partial charge in [-0.2, -0.15) is 0 Å². The molecule has 1 amide bonds. The van der Waals surface area contributed by atoms with E-state index in [0.29, 0.717) is 17.9 Å². The Balaban J connectivity index is 1.60. The zero-order chi connectivity index (χ0) is 19.3. The molecule has 0 unspecified atom stereocenters. The number of rotatable bonds is 5. The molecule has 0 saturated carbocycles. The van der Waals surface area contributed by atoms with Crippen molar-refractivity contribution in [2.24, 2.45) is 0 Å². The molecule has 4 heteroatoms. The Kier molecular flexibility index (Phi) is 5.40. The average molecular weight is 432 g/mol. The lowest BCUT2D eigenvalue weighted by Crippen LogP contribution is -2.14. The van der Waals surface area contributed by atoms with Crippen molar-refractivity contribution in [1.82, 2.24) is 0 Å². The number of carbonyl (C=O) groups is 1. The molecule has 4 aromatic rings. The first-order valence-electron chi connectivity index (χ1n) is 8.96. The van der Waals surface area contributed by atoms with E-state index in [1.807, 2.05) is 84.9 Å². The maximum Gasteiger partial charge on any atom is 0.259 e. The van der Waals surface area contributed by atoms with Gasteiger partial charge in [0.1, 0.15) is 12.4 Å². The summed E-state index contributed by atoms with van der Waals surface area (Å²) in [7, 11) is 0. The second-order valence-electron chi connectivity index (χ2n) is 6.40. The van der Waals surface area contributed by atoms with Crippen LogP contribution in [0.2, 0.25) is 0 Å². The number of benzene rings is 4. The molecule has 4 aromatic carbocycles. The van der Waals surface area contributed by atoms with E-state index in [0.717, 1.165) is 26.5 Å². The maximum atomic E-state index is 13.0. The van der Waals surface area contributed by atoms with Crippen LogP contribution in [0.5, 0.6) is 5.75 Å². The molecule has 138 valence electrons. The highest BCUT2D eigenvalue weighted by atomic mass is 79.9. The Morgan fingerprint density at radius 1 is 0.857 bits per heavy atom. The quantitative estimate of drug-likeness (QED) is 0.395. The minimum atomic E-state index is -0.208. The van der Waals surface area contributed by atoms with Gasteiger partial charge in [-0.05, 0) is 35.2 Å². The van der Waals surface area contributed by atoms with Crippen molar-refractivity contribution in [2.45, 2.75) is 6.61 Å². The Hall–Kier alpha value is -3.11. The van der Waals surface area contributed by atoms with Crippen LogP contribution >= 0.6 is 15.9 Å². The van der Waals surface area contributed by atoms with E-state index < -0.39 is 0 Å². The lowest BCUT2D eigenvalue weighted by molar-refractivity contribution is 0.102. The second-order valence-corrected chi connectivity index (χ2v) is 7.31. The molecule has 0 radical (unpaired) electrons. The summed E-state index contributed by atoms with van der Waals surface area (Å²) in [6.45, 7) is 0.400. The summed E-state index contributed by atoms with van der Waals surface area (Å²) < 4.78 is 6.76. The Morgan fingerprint density at radius 2 is 1.61 bits per heavy atom. The molecular formula is C24H18BrNO2. The van der Waals surface area contributed by atoms with Crippen molar-refractivity contribution in [3.63, 3.8) is 0 Å². The average Bonchev–Trinajstić information content (AvgIpc) is 2.74. The van der Waals surface area contributed by atoms with Crippen LogP contribution in [0, 0.1) is 0 Å². The van der Waals surface area contributed by atoms with Gasteiger partial charge in [0.05, 0.1) is 5.56 Å². The number of fused-ring (bicyclic) bond motifs is 1. The third-order valence-electron chi connectivity index (χ3n) is 4.46.